The third kappa shape index (κ3) is 2.23. The van der Waals surface area contributed by atoms with Crippen LogP contribution in [-0.4, -0.2) is 9.59 Å². The van der Waals surface area contributed by atoms with Gasteiger partial charge in [-0.05, 0) is 23.2 Å². The molecule has 0 bridgehead atoms. The topological polar surface area (TPSA) is 25.8 Å². The molecule has 2 rings (SSSR count). The Labute approximate surface area is 80.7 Å². The summed E-state index contributed by atoms with van der Waals surface area (Å²) in [6.45, 7) is 0. The summed E-state index contributed by atoms with van der Waals surface area (Å²) in [4.78, 5) is 0. The molecule has 64 valence electrons. The average molecular weight is 188 g/mol. The molecule has 0 aliphatic rings. The molecule has 0 N–H and O–H groups in total. The number of rotatable bonds is 2. The van der Waals surface area contributed by atoms with Gasteiger partial charge in [-0.15, -0.1) is 5.10 Å². The summed E-state index contributed by atoms with van der Waals surface area (Å²) in [6.07, 6.45) is 3.98. The Balaban J connectivity index is 2.15. The predicted octanol–water partition coefficient (Wildman–Crippen LogP) is 2.71. The van der Waals surface area contributed by atoms with E-state index in [0.29, 0.717) is 0 Å². The van der Waals surface area contributed by atoms with E-state index in [1.165, 1.54) is 17.1 Å². The van der Waals surface area contributed by atoms with E-state index in [-0.39, 0.29) is 0 Å². The second-order valence-electron chi connectivity index (χ2n) is 2.57. The fraction of sp³-hybridized carbons (Fsp3) is 0. The molecule has 2 aromatic rings. The molecular weight excluding hydrogens is 180 g/mol. The van der Waals surface area contributed by atoms with Crippen molar-refractivity contribution in [1.82, 2.24) is 9.59 Å². The van der Waals surface area contributed by atoms with Gasteiger partial charge in [0.15, 0.2) is 0 Å². The lowest BCUT2D eigenvalue weighted by Crippen LogP contribution is -1.71. The minimum atomic E-state index is 0.911. The van der Waals surface area contributed by atoms with E-state index in [4.69, 9.17) is 0 Å². The van der Waals surface area contributed by atoms with Crippen molar-refractivity contribution < 1.29 is 0 Å². The summed E-state index contributed by atoms with van der Waals surface area (Å²) in [6, 6.07) is 10.1. The monoisotopic (exact) mass is 188 g/mol. The average Bonchev–Trinajstić information content (AvgIpc) is 2.69. The highest BCUT2D eigenvalue weighted by Crippen LogP contribution is 2.06. The van der Waals surface area contributed by atoms with Gasteiger partial charge >= 0.3 is 0 Å². The number of nitrogens with zero attached hydrogens (tertiary/aromatic N) is 2. The molecule has 0 fully saturated rings. The van der Waals surface area contributed by atoms with Crippen LogP contribution in [0.2, 0.25) is 0 Å². The van der Waals surface area contributed by atoms with Crippen molar-refractivity contribution >= 4 is 23.7 Å². The lowest BCUT2D eigenvalue weighted by Gasteiger charge is -1.88. The molecule has 0 spiro atoms. The first-order valence-electron chi connectivity index (χ1n) is 3.95. The maximum atomic E-state index is 3.91. The highest BCUT2D eigenvalue weighted by molar-refractivity contribution is 7.03. The minimum Gasteiger partial charge on any atom is -0.139 e. The summed E-state index contributed by atoms with van der Waals surface area (Å²) in [7, 11) is 0. The number of hydrogen-bond donors (Lipinski definition) is 0. The van der Waals surface area contributed by atoms with Crippen molar-refractivity contribution in [2.75, 3.05) is 0 Å². The summed E-state index contributed by atoms with van der Waals surface area (Å²) in [5.74, 6) is 0. The summed E-state index contributed by atoms with van der Waals surface area (Å²) in [5, 5.41) is 5.83. The summed E-state index contributed by atoms with van der Waals surface area (Å²) < 4.78 is 3.77. The van der Waals surface area contributed by atoms with Gasteiger partial charge in [0.1, 0.15) is 0 Å². The second-order valence-corrected chi connectivity index (χ2v) is 3.18. The van der Waals surface area contributed by atoms with Crippen molar-refractivity contribution in [2.24, 2.45) is 0 Å². The van der Waals surface area contributed by atoms with Crippen LogP contribution >= 0.6 is 11.5 Å². The van der Waals surface area contributed by atoms with Crippen LogP contribution < -0.4 is 0 Å². The highest BCUT2D eigenvalue weighted by Gasteiger charge is 1.88. The summed E-state index contributed by atoms with van der Waals surface area (Å²) >= 11 is 1.36. The van der Waals surface area contributed by atoms with Gasteiger partial charge in [-0.25, -0.2) is 0 Å². The van der Waals surface area contributed by atoms with Gasteiger partial charge in [0.05, 0.1) is 5.69 Å². The van der Waals surface area contributed by atoms with Gasteiger partial charge in [0.25, 0.3) is 0 Å². The Kier molecular flexibility index (Phi) is 2.48. The predicted molar refractivity (Wildman–Crippen MR) is 55.3 cm³/mol. The molecule has 0 saturated heterocycles. The lowest BCUT2D eigenvalue weighted by atomic mass is 10.2. The van der Waals surface area contributed by atoms with Crippen molar-refractivity contribution in [3.05, 3.63) is 47.0 Å². The van der Waals surface area contributed by atoms with Gasteiger partial charge in [0, 0.05) is 5.38 Å². The molecule has 0 unspecified atom stereocenters. The molecular formula is C10H8N2S. The number of aromatic nitrogens is 2. The van der Waals surface area contributed by atoms with Crippen LogP contribution in [0.5, 0.6) is 0 Å². The fourth-order valence-electron chi connectivity index (χ4n) is 0.990. The van der Waals surface area contributed by atoms with Gasteiger partial charge in [0.2, 0.25) is 0 Å². The van der Waals surface area contributed by atoms with E-state index in [1.807, 2.05) is 35.7 Å². The van der Waals surface area contributed by atoms with E-state index in [1.54, 1.807) is 0 Å². The first kappa shape index (κ1) is 8.13. The maximum Gasteiger partial charge on any atom is 0.0982 e. The smallest absolute Gasteiger partial charge is 0.0982 e. The number of benzene rings is 1. The summed E-state index contributed by atoms with van der Waals surface area (Å²) in [5.41, 5.74) is 2.09. The molecule has 1 aromatic carbocycles. The first-order valence-corrected chi connectivity index (χ1v) is 4.79. The van der Waals surface area contributed by atoms with Crippen LogP contribution in [0.25, 0.3) is 12.2 Å². The Morgan fingerprint density at radius 2 is 1.92 bits per heavy atom. The zero-order valence-corrected chi connectivity index (χ0v) is 7.74. The lowest BCUT2D eigenvalue weighted by molar-refractivity contribution is 1.14. The molecule has 1 heterocycles. The first-order chi connectivity index (χ1) is 6.45. The van der Waals surface area contributed by atoms with E-state index < -0.39 is 0 Å². The SMILES string of the molecule is C(=C\c1csnn1)/c1ccccc1. The van der Waals surface area contributed by atoms with Gasteiger partial charge in [-0.1, -0.05) is 40.9 Å². The molecule has 1 aromatic heterocycles. The standard InChI is InChI=1S/C10H8N2S/c1-2-4-9(5-3-1)6-7-10-8-13-12-11-10/h1-8H/b7-6+. The molecule has 0 amide bonds. The van der Waals surface area contributed by atoms with Gasteiger partial charge < -0.3 is 0 Å². The molecule has 0 atom stereocenters. The van der Waals surface area contributed by atoms with E-state index in [0.717, 1.165) is 5.69 Å². The maximum absolute atomic E-state index is 3.91. The molecule has 3 heteroatoms. The Bertz CT molecular complexity index is 379. The van der Waals surface area contributed by atoms with Crippen molar-refractivity contribution in [2.45, 2.75) is 0 Å². The molecule has 2 nitrogen and oxygen atoms in total. The second kappa shape index (κ2) is 3.96. The zero-order chi connectivity index (χ0) is 8.93. The van der Waals surface area contributed by atoms with Crippen LogP contribution in [0.4, 0.5) is 0 Å². The van der Waals surface area contributed by atoms with Crippen LogP contribution in [0.1, 0.15) is 11.3 Å². The van der Waals surface area contributed by atoms with Gasteiger partial charge in [-0.2, -0.15) is 0 Å². The molecule has 0 aliphatic heterocycles. The normalized spacial score (nSPS) is 10.8. The van der Waals surface area contributed by atoms with Crippen molar-refractivity contribution in [1.29, 1.82) is 0 Å². The zero-order valence-electron chi connectivity index (χ0n) is 6.92. The highest BCUT2D eigenvalue weighted by atomic mass is 32.1. The third-order valence-corrected chi connectivity index (χ3v) is 2.15. The van der Waals surface area contributed by atoms with E-state index >= 15 is 0 Å². The quantitative estimate of drug-likeness (QED) is 0.724. The van der Waals surface area contributed by atoms with Crippen molar-refractivity contribution in [3.8, 4) is 0 Å². The van der Waals surface area contributed by atoms with E-state index in [9.17, 15) is 0 Å². The molecule has 0 saturated carbocycles. The minimum absolute atomic E-state index is 0.911. The van der Waals surface area contributed by atoms with Gasteiger partial charge in [-0.3, -0.25) is 0 Å². The molecule has 13 heavy (non-hydrogen) atoms. The Morgan fingerprint density at radius 3 is 2.62 bits per heavy atom. The third-order valence-electron chi connectivity index (χ3n) is 1.62. The Hall–Kier alpha value is -1.48. The van der Waals surface area contributed by atoms with E-state index in [2.05, 4.69) is 21.7 Å². The van der Waals surface area contributed by atoms with Crippen LogP contribution in [-0.2, 0) is 0 Å². The Morgan fingerprint density at radius 1 is 1.08 bits per heavy atom. The van der Waals surface area contributed by atoms with Crippen molar-refractivity contribution in [3.63, 3.8) is 0 Å². The van der Waals surface area contributed by atoms with Crippen LogP contribution in [0.15, 0.2) is 35.7 Å². The number of hydrogen-bond acceptors (Lipinski definition) is 3. The fourth-order valence-corrected chi connectivity index (χ4v) is 1.41. The molecule has 0 aliphatic carbocycles. The van der Waals surface area contributed by atoms with Crippen LogP contribution in [0.3, 0.4) is 0 Å². The largest absolute Gasteiger partial charge is 0.139 e. The van der Waals surface area contributed by atoms with Crippen LogP contribution in [0, 0.1) is 0 Å². The molecule has 0 radical (unpaired) electrons.